The van der Waals surface area contributed by atoms with Gasteiger partial charge in [-0.1, -0.05) is 37.3 Å². The fourth-order valence-electron chi connectivity index (χ4n) is 2.32. The van der Waals surface area contributed by atoms with Crippen LogP contribution in [0.1, 0.15) is 41.4 Å². The van der Waals surface area contributed by atoms with Crippen LogP contribution < -0.4 is 4.72 Å². The van der Waals surface area contributed by atoms with E-state index < -0.39 is 16.0 Å². The molecular weight excluding hydrogens is 326 g/mol. The van der Waals surface area contributed by atoms with E-state index in [1.54, 1.807) is 6.92 Å². The standard InChI is InChI=1S/C18H21NO4S/c1-4-14-8-10-15(11-9-14)13(2)19-24(21,22)17-7-5-6-16(12-17)18(20)23-3/h5-13,19H,4H2,1-3H3. The van der Waals surface area contributed by atoms with Crippen molar-refractivity contribution in [3.8, 4) is 0 Å². The summed E-state index contributed by atoms with van der Waals surface area (Å²) < 4.78 is 32.3. The number of nitrogens with one attached hydrogen (secondary N) is 1. The van der Waals surface area contributed by atoms with E-state index in [0.29, 0.717) is 0 Å². The number of sulfonamides is 1. The molecule has 1 atom stereocenters. The van der Waals surface area contributed by atoms with Crippen molar-refractivity contribution >= 4 is 16.0 Å². The Kier molecular flexibility index (Phi) is 5.75. The van der Waals surface area contributed by atoms with Crippen molar-refractivity contribution in [2.45, 2.75) is 31.2 Å². The molecule has 24 heavy (non-hydrogen) atoms. The summed E-state index contributed by atoms with van der Waals surface area (Å²) >= 11 is 0. The van der Waals surface area contributed by atoms with Crippen molar-refractivity contribution in [2.24, 2.45) is 0 Å². The third-order valence-corrected chi connectivity index (χ3v) is 5.32. The van der Waals surface area contributed by atoms with Crippen LogP contribution in [-0.2, 0) is 21.2 Å². The number of methoxy groups -OCH3 is 1. The topological polar surface area (TPSA) is 72.5 Å². The molecule has 6 heteroatoms. The number of carbonyl (C=O) groups excluding carboxylic acids is 1. The maximum absolute atomic E-state index is 12.5. The van der Waals surface area contributed by atoms with Gasteiger partial charge < -0.3 is 4.74 Å². The molecular formula is C18H21NO4S. The second kappa shape index (κ2) is 7.59. The molecule has 0 aliphatic rings. The number of benzene rings is 2. The van der Waals surface area contributed by atoms with E-state index in [1.807, 2.05) is 24.3 Å². The zero-order valence-electron chi connectivity index (χ0n) is 13.9. The Balaban J connectivity index is 2.22. The smallest absolute Gasteiger partial charge is 0.337 e. The van der Waals surface area contributed by atoms with Gasteiger partial charge in [-0.15, -0.1) is 0 Å². The quantitative estimate of drug-likeness (QED) is 0.815. The molecule has 0 saturated heterocycles. The van der Waals surface area contributed by atoms with Crippen LogP contribution in [0.25, 0.3) is 0 Å². The molecule has 0 aromatic heterocycles. The minimum Gasteiger partial charge on any atom is -0.465 e. The lowest BCUT2D eigenvalue weighted by Crippen LogP contribution is -2.27. The molecule has 0 radical (unpaired) electrons. The predicted octanol–water partition coefficient (Wildman–Crippen LogP) is 3.08. The Labute approximate surface area is 142 Å². The molecule has 2 aromatic carbocycles. The van der Waals surface area contributed by atoms with E-state index in [0.717, 1.165) is 12.0 Å². The fourth-order valence-corrected chi connectivity index (χ4v) is 3.60. The number of carbonyl (C=O) groups is 1. The molecule has 0 aliphatic carbocycles. The molecule has 0 amide bonds. The van der Waals surface area contributed by atoms with Gasteiger partial charge in [-0.25, -0.2) is 17.9 Å². The summed E-state index contributed by atoms with van der Waals surface area (Å²) in [5, 5.41) is 0. The first-order valence-electron chi connectivity index (χ1n) is 7.67. The average molecular weight is 347 g/mol. The Bertz CT molecular complexity index is 813. The minimum absolute atomic E-state index is 0.0300. The van der Waals surface area contributed by atoms with Crippen LogP contribution in [0.15, 0.2) is 53.4 Å². The van der Waals surface area contributed by atoms with Gasteiger partial charge in [0.1, 0.15) is 0 Å². The van der Waals surface area contributed by atoms with Crippen molar-refractivity contribution in [2.75, 3.05) is 7.11 Å². The first-order valence-corrected chi connectivity index (χ1v) is 9.15. The highest BCUT2D eigenvalue weighted by Gasteiger charge is 2.20. The van der Waals surface area contributed by atoms with Crippen LogP contribution in [0.5, 0.6) is 0 Å². The molecule has 2 rings (SSSR count). The van der Waals surface area contributed by atoms with Gasteiger partial charge in [0.15, 0.2) is 0 Å². The van der Waals surface area contributed by atoms with Crippen LogP contribution in [0.4, 0.5) is 0 Å². The summed E-state index contributed by atoms with van der Waals surface area (Å²) in [6.45, 7) is 3.85. The van der Waals surface area contributed by atoms with Gasteiger partial charge in [-0.3, -0.25) is 0 Å². The molecule has 1 N–H and O–H groups in total. The minimum atomic E-state index is -3.75. The summed E-state index contributed by atoms with van der Waals surface area (Å²) in [6.07, 6.45) is 0.931. The summed E-state index contributed by atoms with van der Waals surface area (Å²) in [5.41, 5.74) is 2.26. The molecule has 0 spiro atoms. The van der Waals surface area contributed by atoms with E-state index in [1.165, 1.54) is 36.9 Å². The molecule has 0 heterocycles. The Morgan fingerprint density at radius 3 is 2.42 bits per heavy atom. The molecule has 0 bridgehead atoms. The molecule has 5 nitrogen and oxygen atoms in total. The Hall–Kier alpha value is -2.18. The third kappa shape index (κ3) is 4.21. The van der Waals surface area contributed by atoms with Gasteiger partial charge in [0.05, 0.1) is 17.6 Å². The van der Waals surface area contributed by atoms with Crippen molar-refractivity contribution in [3.63, 3.8) is 0 Å². The van der Waals surface area contributed by atoms with Crippen LogP contribution in [0, 0.1) is 0 Å². The summed E-state index contributed by atoms with van der Waals surface area (Å²) in [7, 11) is -2.49. The first-order chi connectivity index (χ1) is 11.4. The van der Waals surface area contributed by atoms with Gasteiger partial charge in [0, 0.05) is 6.04 Å². The first kappa shape index (κ1) is 18.2. The SMILES string of the molecule is CCc1ccc(C(C)NS(=O)(=O)c2cccc(C(=O)OC)c2)cc1. The molecule has 0 fully saturated rings. The van der Waals surface area contributed by atoms with Crippen LogP contribution >= 0.6 is 0 Å². The Morgan fingerprint density at radius 1 is 1.17 bits per heavy atom. The van der Waals surface area contributed by atoms with Crippen molar-refractivity contribution < 1.29 is 17.9 Å². The predicted molar refractivity (Wildman–Crippen MR) is 92.3 cm³/mol. The number of aryl methyl sites for hydroxylation is 1. The number of esters is 1. The van der Waals surface area contributed by atoms with E-state index in [9.17, 15) is 13.2 Å². The van der Waals surface area contributed by atoms with Gasteiger partial charge in [0.25, 0.3) is 0 Å². The number of ether oxygens (including phenoxy) is 1. The van der Waals surface area contributed by atoms with Gasteiger partial charge in [-0.05, 0) is 42.7 Å². The molecule has 2 aromatic rings. The van der Waals surface area contributed by atoms with Gasteiger partial charge >= 0.3 is 5.97 Å². The summed E-state index contributed by atoms with van der Waals surface area (Å²) in [5.74, 6) is -0.574. The lowest BCUT2D eigenvalue weighted by molar-refractivity contribution is 0.0600. The van der Waals surface area contributed by atoms with Crippen molar-refractivity contribution in [1.82, 2.24) is 4.72 Å². The number of hydrogen-bond donors (Lipinski definition) is 1. The summed E-state index contributed by atoms with van der Waals surface area (Å²) in [6, 6.07) is 13.2. The molecule has 0 saturated carbocycles. The molecule has 128 valence electrons. The highest BCUT2D eigenvalue weighted by molar-refractivity contribution is 7.89. The van der Waals surface area contributed by atoms with Crippen LogP contribution in [-0.4, -0.2) is 21.5 Å². The van der Waals surface area contributed by atoms with E-state index in [2.05, 4.69) is 16.4 Å². The lowest BCUT2D eigenvalue weighted by Gasteiger charge is -2.15. The molecule has 0 aliphatic heterocycles. The Morgan fingerprint density at radius 2 is 1.83 bits per heavy atom. The zero-order valence-corrected chi connectivity index (χ0v) is 14.8. The van der Waals surface area contributed by atoms with E-state index in [4.69, 9.17) is 0 Å². The second-order valence-electron chi connectivity index (χ2n) is 5.46. The highest BCUT2D eigenvalue weighted by atomic mass is 32.2. The molecule has 1 unspecified atom stereocenters. The van der Waals surface area contributed by atoms with Crippen molar-refractivity contribution in [3.05, 3.63) is 65.2 Å². The maximum Gasteiger partial charge on any atom is 0.337 e. The largest absolute Gasteiger partial charge is 0.465 e. The monoisotopic (exact) mass is 347 g/mol. The lowest BCUT2D eigenvalue weighted by atomic mass is 10.1. The zero-order chi connectivity index (χ0) is 17.7. The van der Waals surface area contributed by atoms with Crippen molar-refractivity contribution in [1.29, 1.82) is 0 Å². The van der Waals surface area contributed by atoms with Gasteiger partial charge in [-0.2, -0.15) is 0 Å². The van der Waals surface area contributed by atoms with Crippen LogP contribution in [0.2, 0.25) is 0 Å². The fraction of sp³-hybridized carbons (Fsp3) is 0.278. The van der Waals surface area contributed by atoms with Gasteiger partial charge in [0.2, 0.25) is 10.0 Å². The van der Waals surface area contributed by atoms with E-state index in [-0.39, 0.29) is 16.5 Å². The normalized spacial score (nSPS) is 12.6. The second-order valence-corrected chi connectivity index (χ2v) is 7.17. The summed E-state index contributed by atoms with van der Waals surface area (Å²) in [4.78, 5) is 11.6. The maximum atomic E-state index is 12.5. The number of rotatable bonds is 6. The number of hydrogen-bond acceptors (Lipinski definition) is 4. The van der Waals surface area contributed by atoms with Crippen LogP contribution in [0.3, 0.4) is 0 Å². The third-order valence-electron chi connectivity index (χ3n) is 3.79. The average Bonchev–Trinajstić information content (AvgIpc) is 2.60. The van der Waals surface area contributed by atoms with E-state index >= 15 is 0 Å². The highest BCUT2D eigenvalue weighted by Crippen LogP contribution is 2.19.